The summed E-state index contributed by atoms with van der Waals surface area (Å²) < 4.78 is 0. The average Bonchev–Trinajstić information content (AvgIpc) is 2.65. The fraction of sp³-hybridized carbons (Fsp3) is 0.222. The Morgan fingerprint density at radius 2 is 2.07 bits per heavy atom. The van der Waals surface area contributed by atoms with Crippen LogP contribution in [0.4, 0.5) is 11.4 Å². The zero-order valence-corrected chi connectivity index (χ0v) is 8.66. The van der Waals surface area contributed by atoms with Crippen molar-refractivity contribution in [3.8, 4) is 0 Å². The van der Waals surface area contributed by atoms with E-state index >= 15 is 0 Å². The van der Waals surface area contributed by atoms with E-state index < -0.39 is 4.92 Å². The number of anilines is 1. The molecule has 2 rings (SSSR count). The zero-order chi connectivity index (χ0) is 10.8. The van der Waals surface area contributed by atoms with Crippen molar-refractivity contribution < 1.29 is 4.92 Å². The summed E-state index contributed by atoms with van der Waals surface area (Å²) >= 11 is 5.09. The highest BCUT2D eigenvalue weighted by Crippen LogP contribution is 2.20. The molecule has 5 nitrogen and oxygen atoms in total. The van der Waals surface area contributed by atoms with Crippen molar-refractivity contribution >= 4 is 28.7 Å². The van der Waals surface area contributed by atoms with Crippen LogP contribution in [0.5, 0.6) is 0 Å². The SMILES string of the molecule is O=[N+]([O-])c1ccc(N2CCNC2=S)cc1. The predicted molar refractivity (Wildman–Crippen MR) is 61.0 cm³/mol. The lowest BCUT2D eigenvalue weighted by atomic mass is 10.2. The van der Waals surface area contributed by atoms with Gasteiger partial charge in [-0.15, -0.1) is 0 Å². The van der Waals surface area contributed by atoms with E-state index in [0.29, 0.717) is 5.11 Å². The first-order valence-electron chi connectivity index (χ1n) is 4.48. The molecule has 1 aromatic carbocycles. The van der Waals surface area contributed by atoms with Crippen molar-refractivity contribution in [3.05, 3.63) is 34.4 Å². The van der Waals surface area contributed by atoms with Crippen LogP contribution < -0.4 is 10.2 Å². The van der Waals surface area contributed by atoms with Gasteiger partial charge >= 0.3 is 0 Å². The maximum Gasteiger partial charge on any atom is 0.269 e. The van der Waals surface area contributed by atoms with E-state index in [1.54, 1.807) is 12.1 Å². The second kappa shape index (κ2) is 3.82. The van der Waals surface area contributed by atoms with Gasteiger partial charge in [-0.3, -0.25) is 10.1 Å². The fourth-order valence-corrected chi connectivity index (χ4v) is 1.77. The summed E-state index contributed by atoms with van der Waals surface area (Å²) in [5.74, 6) is 0. The Kier molecular flexibility index (Phi) is 2.51. The number of benzene rings is 1. The smallest absolute Gasteiger partial charge is 0.269 e. The highest BCUT2D eigenvalue weighted by atomic mass is 32.1. The van der Waals surface area contributed by atoms with E-state index in [1.165, 1.54) is 12.1 Å². The summed E-state index contributed by atoms with van der Waals surface area (Å²) in [7, 11) is 0. The van der Waals surface area contributed by atoms with Gasteiger partial charge in [0, 0.05) is 30.9 Å². The average molecular weight is 223 g/mol. The molecule has 1 heterocycles. The molecule has 78 valence electrons. The lowest BCUT2D eigenvalue weighted by molar-refractivity contribution is -0.384. The Balaban J connectivity index is 2.23. The van der Waals surface area contributed by atoms with Crippen LogP contribution in [0.2, 0.25) is 0 Å². The number of non-ortho nitro benzene ring substituents is 1. The van der Waals surface area contributed by atoms with Crippen LogP contribution in [0.15, 0.2) is 24.3 Å². The van der Waals surface area contributed by atoms with E-state index in [2.05, 4.69) is 5.32 Å². The Bertz CT molecular complexity index is 404. The Hall–Kier alpha value is -1.69. The van der Waals surface area contributed by atoms with Crippen LogP contribution in [0.3, 0.4) is 0 Å². The van der Waals surface area contributed by atoms with Crippen LogP contribution in [0.1, 0.15) is 0 Å². The molecule has 0 aromatic heterocycles. The summed E-state index contributed by atoms with van der Waals surface area (Å²) in [4.78, 5) is 12.0. The summed E-state index contributed by atoms with van der Waals surface area (Å²) in [5, 5.41) is 14.2. The first kappa shape index (κ1) is 9.85. The second-order valence-electron chi connectivity index (χ2n) is 3.16. The standard InChI is InChI=1S/C9H9N3O2S/c13-12(14)8-3-1-7(2-4-8)11-6-5-10-9(11)15/h1-4H,5-6H2,(H,10,15). The molecule has 0 spiro atoms. The molecule has 1 N–H and O–H groups in total. The van der Waals surface area contributed by atoms with Gasteiger partial charge in [0.15, 0.2) is 5.11 Å². The third-order valence-corrected chi connectivity index (χ3v) is 2.59. The minimum absolute atomic E-state index is 0.0943. The molecule has 1 fully saturated rings. The van der Waals surface area contributed by atoms with Crippen molar-refractivity contribution in [3.63, 3.8) is 0 Å². The van der Waals surface area contributed by atoms with E-state index in [-0.39, 0.29) is 5.69 Å². The van der Waals surface area contributed by atoms with Gasteiger partial charge in [-0.2, -0.15) is 0 Å². The first-order chi connectivity index (χ1) is 7.18. The predicted octanol–water partition coefficient (Wildman–Crippen LogP) is 1.29. The molecule has 1 aromatic rings. The molecule has 0 amide bonds. The van der Waals surface area contributed by atoms with Gasteiger partial charge in [0.05, 0.1) is 4.92 Å². The molecule has 0 atom stereocenters. The number of nitro benzene ring substituents is 1. The lowest BCUT2D eigenvalue weighted by Crippen LogP contribution is -2.27. The van der Waals surface area contributed by atoms with E-state index in [9.17, 15) is 10.1 Å². The minimum atomic E-state index is -0.412. The number of nitrogens with zero attached hydrogens (tertiary/aromatic N) is 2. The van der Waals surface area contributed by atoms with Crippen molar-refractivity contribution in [1.29, 1.82) is 0 Å². The van der Waals surface area contributed by atoms with Crippen LogP contribution in [0, 0.1) is 10.1 Å². The summed E-state index contributed by atoms with van der Waals surface area (Å²) in [6, 6.07) is 6.38. The van der Waals surface area contributed by atoms with Gasteiger partial charge in [0.25, 0.3) is 5.69 Å². The molecule has 1 saturated heterocycles. The van der Waals surface area contributed by atoms with Crippen molar-refractivity contribution in [2.24, 2.45) is 0 Å². The number of thiocarbonyl (C=S) groups is 1. The van der Waals surface area contributed by atoms with Crippen LogP contribution in [-0.4, -0.2) is 23.1 Å². The highest BCUT2D eigenvalue weighted by molar-refractivity contribution is 7.80. The Labute approximate surface area is 91.8 Å². The summed E-state index contributed by atoms with van der Waals surface area (Å²) in [6.07, 6.45) is 0. The highest BCUT2D eigenvalue weighted by Gasteiger charge is 2.18. The molecule has 0 bridgehead atoms. The van der Waals surface area contributed by atoms with Crippen LogP contribution in [0.25, 0.3) is 0 Å². The van der Waals surface area contributed by atoms with Crippen LogP contribution in [-0.2, 0) is 0 Å². The number of nitrogens with one attached hydrogen (secondary N) is 1. The van der Waals surface area contributed by atoms with Gasteiger partial charge in [-0.1, -0.05) is 0 Å². The molecule has 0 saturated carbocycles. The third kappa shape index (κ3) is 1.89. The molecule has 0 aliphatic carbocycles. The van der Waals surface area contributed by atoms with E-state index in [0.717, 1.165) is 18.8 Å². The van der Waals surface area contributed by atoms with Crippen molar-refractivity contribution in [2.75, 3.05) is 18.0 Å². The number of hydrogen-bond donors (Lipinski definition) is 1. The zero-order valence-electron chi connectivity index (χ0n) is 7.84. The maximum absolute atomic E-state index is 10.5. The molecule has 1 aliphatic rings. The van der Waals surface area contributed by atoms with Gasteiger partial charge in [0.1, 0.15) is 0 Å². The summed E-state index contributed by atoms with van der Waals surface area (Å²) in [6.45, 7) is 1.62. The normalized spacial score (nSPS) is 15.2. The number of hydrogen-bond acceptors (Lipinski definition) is 3. The van der Waals surface area contributed by atoms with Gasteiger partial charge in [-0.05, 0) is 24.4 Å². The Morgan fingerprint density at radius 3 is 2.53 bits per heavy atom. The second-order valence-corrected chi connectivity index (χ2v) is 3.54. The largest absolute Gasteiger partial charge is 0.360 e. The molecular weight excluding hydrogens is 214 g/mol. The number of nitro groups is 1. The molecule has 0 unspecified atom stereocenters. The van der Waals surface area contributed by atoms with Gasteiger partial charge < -0.3 is 10.2 Å². The first-order valence-corrected chi connectivity index (χ1v) is 4.89. The van der Waals surface area contributed by atoms with E-state index in [4.69, 9.17) is 12.2 Å². The lowest BCUT2D eigenvalue weighted by Gasteiger charge is -2.15. The molecule has 0 radical (unpaired) electrons. The number of rotatable bonds is 2. The topological polar surface area (TPSA) is 58.4 Å². The Morgan fingerprint density at radius 1 is 1.40 bits per heavy atom. The summed E-state index contributed by atoms with van der Waals surface area (Å²) in [5.41, 5.74) is 0.979. The van der Waals surface area contributed by atoms with Gasteiger partial charge in [0.2, 0.25) is 0 Å². The quantitative estimate of drug-likeness (QED) is 0.465. The van der Waals surface area contributed by atoms with Crippen LogP contribution >= 0.6 is 12.2 Å². The third-order valence-electron chi connectivity index (χ3n) is 2.23. The maximum atomic E-state index is 10.5. The molecule has 6 heteroatoms. The molecular formula is C9H9N3O2S. The monoisotopic (exact) mass is 223 g/mol. The molecule has 15 heavy (non-hydrogen) atoms. The van der Waals surface area contributed by atoms with Crippen molar-refractivity contribution in [2.45, 2.75) is 0 Å². The van der Waals surface area contributed by atoms with E-state index in [1.807, 2.05) is 4.90 Å². The van der Waals surface area contributed by atoms with Gasteiger partial charge in [-0.25, -0.2) is 0 Å². The molecule has 1 aliphatic heterocycles. The fourth-order valence-electron chi connectivity index (χ4n) is 1.47. The minimum Gasteiger partial charge on any atom is -0.360 e. The van der Waals surface area contributed by atoms with Crippen molar-refractivity contribution in [1.82, 2.24) is 5.32 Å².